The first-order chi connectivity index (χ1) is 14.1. The number of carbonyl (C=O) groups excluding carboxylic acids is 3. The molecule has 1 N–H and O–H groups in total. The Morgan fingerprint density at radius 3 is 2.45 bits per heavy atom. The average Bonchev–Trinajstić information content (AvgIpc) is 3.20. The van der Waals surface area contributed by atoms with Crippen molar-refractivity contribution in [2.75, 3.05) is 36.5 Å². The highest BCUT2D eigenvalue weighted by Crippen LogP contribution is 2.23. The highest BCUT2D eigenvalue weighted by molar-refractivity contribution is 5.97. The molecular weight excluding hydrogens is 370 g/mol. The van der Waals surface area contributed by atoms with Gasteiger partial charge in [-0.25, -0.2) is 4.79 Å². The van der Waals surface area contributed by atoms with Gasteiger partial charge in [0.25, 0.3) is 5.91 Å². The topological polar surface area (TPSA) is 79.0 Å². The lowest BCUT2D eigenvalue weighted by Crippen LogP contribution is -2.43. The number of para-hydroxylation sites is 1. The lowest BCUT2D eigenvalue weighted by molar-refractivity contribution is -0.121. The summed E-state index contributed by atoms with van der Waals surface area (Å²) in [4.78, 5) is 40.4. The number of cyclic esters (lactones) is 1. The van der Waals surface area contributed by atoms with Gasteiger partial charge in [-0.05, 0) is 49.2 Å². The molecule has 0 spiro atoms. The summed E-state index contributed by atoms with van der Waals surface area (Å²) in [7, 11) is 0. The molecule has 7 heteroatoms. The Kier molecular flexibility index (Phi) is 5.46. The summed E-state index contributed by atoms with van der Waals surface area (Å²) in [5.74, 6) is -0.388. The van der Waals surface area contributed by atoms with Crippen LogP contribution in [-0.4, -0.2) is 49.0 Å². The summed E-state index contributed by atoms with van der Waals surface area (Å²) in [6.07, 6.45) is 1.18. The predicted octanol–water partition coefficient (Wildman–Crippen LogP) is 3.13. The SMILES string of the molecule is O=C(Nc1ccccc1)[C@H]1CCCN(C(=O)c2ccc(N3CCOC3=O)cc2)C1. The number of likely N-dealkylation sites (tertiary alicyclic amines) is 1. The maximum Gasteiger partial charge on any atom is 0.414 e. The zero-order chi connectivity index (χ0) is 20.2. The first-order valence-electron chi connectivity index (χ1n) is 9.81. The second kappa shape index (κ2) is 8.34. The van der Waals surface area contributed by atoms with E-state index in [2.05, 4.69) is 5.32 Å². The van der Waals surface area contributed by atoms with Crippen molar-refractivity contribution in [3.63, 3.8) is 0 Å². The minimum Gasteiger partial charge on any atom is -0.447 e. The van der Waals surface area contributed by atoms with Crippen LogP contribution in [0.25, 0.3) is 0 Å². The van der Waals surface area contributed by atoms with Crippen molar-refractivity contribution in [3.05, 3.63) is 60.2 Å². The number of ether oxygens (including phenoxy) is 1. The first-order valence-corrected chi connectivity index (χ1v) is 9.81. The van der Waals surface area contributed by atoms with Gasteiger partial charge in [-0.1, -0.05) is 18.2 Å². The molecule has 2 aliphatic rings. The van der Waals surface area contributed by atoms with E-state index in [-0.39, 0.29) is 23.8 Å². The van der Waals surface area contributed by atoms with Gasteiger partial charge < -0.3 is 15.0 Å². The molecule has 0 unspecified atom stereocenters. The van der Waals surface area contributed by atoms with Crippen molar-refractivity contribution >= 4 is 29.3 Å². The van der Waals surface area contributed by atoms with Gasteiger partial charge in [-0.15, -0.1) is 0 Å². The van der Waals surface area contributed by atoms with Gasteiger partial charge in [-0.2, -0.15) is 0 Å². The molecule has 4 rings (SSSR count). The largest absolute Gasteiger partial charge is 0.447 e. The second-order valence-electron chi connectivity index (χ2n) is 7.26. The third kappa shape index (κ3) is 4.23. The highest BCUT2D eigenvalue weighted by Gasteiger charge is 2.29. The molecule has 2 heterocycles. The summed E-state index contributed by atoms with van der Waals surface area (Å²) in [5.41, 5.74) is 2.02. The van der Waals surface area contributed by atoms with E-state index in [1.165, 1.54) is 0 Å². The number of nitrogens with zero attached hydrogens (tertiary/aromatic N) is 2. The quantitative estimate of drug-likeness (QED) is 0.866. The van der Waals surface area contributed by atoms with E-state index in [0.29, 0.717) is 37.5 Å². The minimum atomic E-state index is -0.368. The Morgan fingerprint density at radius 2 is 1.76 bits per heavy atom. The monoisotopic (exact) mass is 393 g/mol. The van der Waals surface area contributed by atoms with Gasteiger partial charge >= 0.3 is 6.09 Å². The molecule has 0 bridgehead atoms. The van der Waals surface area contributed by atoms with Crippen LogP contribution in [0, 0.1) is 5.92 Å². The first kappa shape index (κ1) is 19.0. The molecule has 29 heavy (non-hydrogen) atoms. The molecule has 2 aromatic rings. The normalized spacial score (nSPS) is 19.0. The van der Waals surface area contributed by atoms with Gasteiger partial charge in [0, 0.05) is 30.0 Å². The van der Waals surface area contributed by atoms with Crippen LogP contribution in [-0.2, 0) is 9.53 Å². The molecule has 0 saturated carbocycles. The summed E-state index contributed by atoms with van der Waals surface area (Å²) in [6, 6.07) is 16.3. The maximum absolute atomic E-state index is 12.9. The Labute approximate surface area is 169 Å². The van der Waals surface area contributed by atoms with Crippen molar-refractivity contribution in [2.45, 2.75) is 12.8 Å². The zero-order valence-corrected chi connectivity index (χ0v) is 16.0. The Hall–Kier alpha value is -3.35. The number of hydrogen-bond acceptors (Lipinski definition) is 4. The minimum absolute atomic E-state index is 0.0587. The summed E-state index contributed by atoms with van der Waals surface area (Å²) in [6.45, 7) is 1.92. The molecule has 7 nitrogen and oxygen atoms in total. The van der Waals surface area contributed by atoms with Crippen LogP contribution in [0.2, 0.25) is 0 Å². The van der Waals surface area contributed by atoms with E-state index in [0.717, 1.165) is 18.5 Å². The van der Waals surface area contributed by atoms with Gasteiger partial charge in [-0.3, -0.25) is 14.5 Å². The van der Waals surface area contributed by atoms with E-state index in [9.17, 15) is 14.4 Å². The summed E-state index contributed by atoms with van der Waals surface area (Å²) < 4.78 is 4.94. The smallest absolute Gasteiger partial charge is 0.414 e. The van der Waals surface area contributed by atoms with Gasteiger partial charge in [0.1, 0.15) is 6.61 Å². The highest BCUT2D eigenvalue weighted by atomic mass is 16.6. The standard InChI is InChI=1S/C22H23N3O4/c26-20(23-18-6-2-1-3-7-18)17-5-4-12-24(15-17)21(27)16-8-10-19(11-9-16)25-13-14-29-22(25)28/h1-3,6-11,17H,4-5,12-15H2,(H,23,26)/t17-/m0/s1. The van der Waals surface area contributed by atoms with Crippen LogP contribution in [0.1, 0.15) is 23.2 Å². The van der Waals surface area contributed by atoms with E-state index in [1.807, 2.05) is 30.3 Å². The molecule has 0 radical (unpaired) electrons. The number of piperidine rings is 1. The van der Waals surface area contributed by atoms with E-state index in [4.69, 9.17) is 4.74 Å². The summed E-state index contributed by atoms with van der Waals surface area (Å²) in [5, 5.41) is 2.93. The number of amides is 3. The lowest BCUT2D eigenvalue weighted by Gasteiger charge is -2.32. The number of rotatable bonds is 4. The number of benzene rings is 2. The van der Waals surface area contributed by atoms with Crippen molar-refractivity contribution in [1.29, 1.82) is 0 Å². The molecular formula is C22H23N3O4. The van der Waals surface area contributed by atoms with Crippen LogP contribution >= 0.6 is 0 Å². The number of anilines is 2. The van der Waals surface area contributed by atoms with Crippen molar-refractivity contribution < 1.29 is 19.1 Å². The Balaban J connectivity index is 1.39. The van der Waals surface area contributed by atoms with E-state index < -0.39 is 0 Å². The van der Waals surface area contributed by atoms with Crippen LogP contribution < -0.4 is 10.2 Å². The summed E-state index contributed by atoms with van der Waals surface area (Å²) >= 11 is 0. The fraction of sp³-hybridized carbons (Fsp3) is 0.318. The van der Waals surface area contributed by atoms with E-state index >= 15 is 0 Å². The van der Waals surface area contributed by atoms with Crippen LogP contribution in [0.5, 0.6) is 0 Å². The van der Waals surface area contributed by atoms with Gasteiger partial charge in [0.2, 0.25) is 5.91 Å². The zero-order valence-electron chi connectivity index (χ0n) is 16.0. The number of hydrogen-bond donors (Lipinski definition) is 1. The van der Waals surface area contributed by atoms with Crippen molar-refractivity contribution in [1.82, 2.24) is 4.90 Å². The third-order valence-electron chi connectivity index (χ3n) is 5.31. The number of carbonyl (C=O) groups is 3. The van der Waals surface area contributed by atoms with Crippen LogP contribution in [0.3, 0.4) is 0 Å². The van der Waals surface area contributed by atoms with Gasteiger partial charge in [0.15, 0.2) is 0 Å². The van der Waals surface area contributed by atoms with Crippen LogP contribution in [0.15, 0.2) is 54.6 Å². The van der Waals surface area contributed by atoms with Crippen molar-refractivity contribution in [3.8, 4) is 0 Å². The molecule has 0 aliphatic carbocycles. The third-order valence-corrected chi connectivity index (χ3v) is 5.31. The Bertz CT molecular complexity index is 898. The van der Waals surface area contributed by atoms with E-state index in [1.54, 1.807) is 34.1 Å². The lowest BCUT2D eigenvalue weighted by atomic mass is 9.96. The van der Waals surface area contributed by atoms with Crippen LogP contribution in [0.4, 0.5) is 16.2 Å². The molecule has 150 valence electrons. The second-order valence-corrected chi connectivity index (χ2v) is 7.26. The molecule has 3 amide bonds. The predicted molar refractivity (Wildman–Crippen MR) is 109 cm³/mol. The maximum atomic E-state index is 12.9. The number of nitrogens with one attached hydrogen (secondary N) is 1. The average molecular weight is 393 g/mol. The molecule has 2 aliphatic heterocycles. The molecule has 0 aromatic heterocycles. The fourth-order valence-electron chi connectivity index (χ4n) is 3.74. The Morgan fingerprint density at radius 1 is 1.00 bits per heavy atom. The van der Waals surface area contributed by atoms with Gasteiger partial charge in [0.05, 0.1) is 12.5 Å². The molecule has 1 atom stereocenters. The molecule has 2 aromatic carbocycles. The van der Waals surface area contributed by atoms with Crippen molar-refractivity contribution in [2.24, 2.45) is 5.92 Å². The fourth-order valence-corrected chi connectivity index (χ4v) is 3.74. The molecule has 2 fully saturated rings. The molecule has 2 saturated heterocycles.